The Morgan fingerprint density at radius 1 is 1.20 bits per heavy atom. The van der Waals surface area contributed by atoms with E-state index in [0.717, 1.165) is 42.6 Å². The van der Waals surface area contributed by atoms with Gasteiger partial charge < -0.3 is 15.0 Å². The van der Waals surface area contributed by atoms with Crippen molar-refractivity contribution in [2.75, 3.05) is 36.1 Å². The normalized spacial score (nSPS) is 23.9. The van der Waals surface area contributed by atoms with Crippen molar-refractivity contribution in [3.63, 3.8) is 0 Å². The molecule has 4 rings (SSSR count). The zero-order valence-electron chi connectivity index (χ0n) is 13.9. The largest absolute Gasteiger partial charge is 0.378 e. The molecule has 1 N–H and O–H groups in total. The van der Waals surface area contributed by atoms with Crippen LogP contribution in [0.1, 0.15) is 12.5 Å². The third-order valence-electron chi connectivity index (χ3n) is 4.74. The van der Waals surface area contributed by atoms with E-state index in [4.69, 9.17) is 17.0 Å². The highest BCUT2D eigenvalue weighted by molar-refractivity contribution is 7.80. The second kappa shape index (κ2) is 6.40. The third kappa shape index (κ3) is 2.82. The molecule has 2 saturated heterocycles. The molecule has 0 bridgehead atoms. The second-order valence-corrected chi connectivity index (χ2v) is 7.61. The van der Waals surface area contributed by atoms with Crippen LogP contribution in [0.15, 0.2) is 41.8 Å². The number of hydrogen-bond acceptors (Lipinski definition) is 5. The number of thiocarbonyl (C=S) groups is 1. The van der Waals surface area contributed by atoms with E-state index < -0.39 is 5.54 Å². The van der Waals surface area contributed by atoms with Gasteiger partial charge in [0.2, 0.25) is 0 Å². The molecule has 2 aliphatic rings. The maximum atomic E-state index is 13.1. The van der Waals surface area contributed by atoms with Crippen LogP contribution < -0.4 is 15.1 Å². The molecule has 1 amide bonds. The summed E-state index contributed by atoms with van der Waals surface area (Å²) in [5, 5.41) is 6.45. The van der Waals surface area contributed by atoms with Gasteiger partial charge in [0.1, 0.15) is 10.5 Å². The minimum absolute atomic E-state index is 0.0425. The fraction of sp³-hybridized carbons (Fsp3) is 0.333. The lowest BCUT2D eigenvalue weighted by atomic mass is 9.92. The molecule has 2 fully saturated rings. The fourth-order valence-corrected chi connectivity index (χ4v) is 4.44. The van der Waals surface area contributed by atoms with Crippen molar-refractivity contribution in [1.82, 2.24) is 5.32 Å². The first-order chi connectivity index (χ1) is 12.1. The monoisotopic (exact) mass is 373 g/mol. The number of benzene rings is 1. The highest BCUT2D eigenvalue weighted by Crippen LogP contribution is 2.34. The van der Waals surface area contributed by atoms with Crippen molar-refractivity contribution in [2.45, 2.75) is 12.5 Å². The number of thiophene rings is 1. The van der Waals surface area contributed by atoms with Crippen LogP contribution in [0.5, 0.6) is 0 Å². The first-order valence-electron chi connectivity index (χ1n) is 8.23. The van der Waals surface area contributed by atoms with E-state index in [1.165, 1.54) is 11.3 Å². The van der Waals surface area contributed by atoms with Gasteiger partial charge in [0.05, 0.1) is 13.2 Å². The summed E-state index contributed by atoms with van der Waals surface area (Å²) in [5.74, 6) is -0.0425. The molecular formula is C18H19N3O2S2. The fourth-order valence-electron chi connectivity index (χ4n) is 3.26. The molecule has 1 unspecified atom stereocenters. The molecular weight excluding hydrogens is 354 g/mol. The van der Waals surface area contributed by atoms with Crippen LogP contribution in [-0.4, -0.2) is 37.3 Å². The van der Waals surface area contributed by atoms with E-state index in [0.29, 0.717) is 5.11 Å². The third-order valence-corrected chi connectivity index (χ3v) is 5.88. The molecule has 0 radical (unpaired) electrons. The number of anilines is 2. The summed E-state index contributed by atoms with van der Waals surface area (Å²) in [7, 11) is 0. The van der Waals surface area contributed by atoms with Gasteiger partial charge >= 0.3 is 0 Å². The lowest BCUT2D eigenvalue weighted by molar-refractivity contribution is -0.121. The Bertz CT molecular complexity index is 785. The minimum Gasteiger partial charge on any atom is -0.378 e. The molecule has 7 heteroatoms. The molecule has 2 aromatic rings. The van der Waals surface area contributed by atoms with Crippen molar-refractivity contribution in [2.24, 2.45) is 0 Å². The van der Waals surface area contributed by atoms with E-state index >= 15 is 0 Å². The number of nitrogens with one attached hydrogen (secondary N) is 1. The number of ether oxygens (including phenoxy) is 1. The van der Waals surface area contributed by atoms with Gasteiger partial charge in [-0.2, -0.15) is 0 Å². The smallest absolute Gasteiger partial charge is 0.264 e. The van der Waals surface area contributed by atoms with Gasteiger partial charge in [-0.15, -0.1) is 11.3 Å². The number of carbonyl (C=O) groups excluding carboxylic acids is 1. The molecule has 2 aliphatic heterocycles. The molecule has 25 heavy (non-hydrogen) atoms. The van der Waals surface area contributed by atoms with Gasteiger partial charge in [0.25, 0.3) is 5.91 Å². The Hall–Kier alpha value is -1.96. The van der Waals surface area contributed by atoms with Gasteiger partial charge in [-0.05, 0) is 54.4 Å². The van der Waals surface area contributed by atoms with E-state index in [1.807, 2.05) is 36.6 Å². The molecule has 1 aromatic heterocycles. The SMILES string of the molecule is CC1(c2ccc(N3CCOCC3)cc2)NC(=S)N(c2cccs2)C1=O. The summed E-state index contributed by atoms with van der Waals surface area (Å²) in [6.45, 7) is 5.18. The Labute approximate surface area is 156 Å². The van der Waals surface area contributed by atoms with Crippen molar-refractivity contribution in [3.8, 4) is 0 Å². The Balaban J connectivity index is 1.60. The summed E-state index contributed by atoms with van der Waals surface area (Å²) in [5.41, 5.74) is 1.22. The predicted molar refractivity (Wildman–Crippen MR) is 104 cm³/mol. The van der Waals surface area contributed by atoms with Crippen LogP contribution in [0.4, 0.5) is 10.7 Å². The zero-order valence-corrected chi connectivity index (χ0v) is 15.5. The van der Waals surface area contributed by atoms with Crippen LogP contribution in [0.25, 0.3) is 0 Å². The van der Waals surface area contributed by atoms with E-state index in [-0.39, 0.29) is 5.91 Å². The van der Waals surface area contributed by atoms with Gasteiger partial charge in [-0.1, -0.05) is 12.1 Å². The maximum Gasteiger partial charge on any atom is 0.264 e. The van der Waals surface area contributed by atoms with Crippen molar-refractivity contribution < 1.29 is 9.53 Å². The first-order valence-corrected chi connectivity index (χ1v) is 9.52. The number of hydrogen-bond donors (Lipinski definition) is 1. The standard InChI is InChI=1S/C18H19N3O2S2/c1-18(16(22)21(17(24)19-18)15-3-2-12-25-15)13-4-6-14(7-5-13)20-8-10-23-11-9-20/h2-7,12H,8-11H2,1H3,(H,19,24). The Kier molecular flexibility index (Phi) is 4.23. The van der Waals surface area contributed by atoms with Crippen LogP contribution >= 0.6 is 23.6 Å². The summed E-state index contributed by atoms with van der Waals surface area (Å²) >= 11 is 6.93. The van der Waals surface area contributed by atoms with Gasteiger partial charge in [0, 0.05) is 18.8 Å². The Morgan fingerprint density at radius 2 is 1.92 bits per heavy atom. The highest BCUT2D eigenvalue weighted by atomic mass is 32.1. The number of amides is 1. The van der Waals surface area contributed by atoms with Crippen LogP contribution in [-0.2, 0) is 15.1 Å². The van der Waals surface area contributed by atoms with Gasteiger partial charge in [-0.3, -0.25) is 4.79 Å². The Morgan fingerprint density at radius 3 is 2.56 bits per heavy atom. The number of nitrogens with zero attached hydrogens (tertiary/aromatic N) is 2. The maximum absolute atomic E-state index is 13.1. The lowest BCUT2D eigenvalue weighted by Gasteiger charge is -2.29. The summed E-state index contributed by atoms with van der Waals surface area (Å²) in [6.07, 6.45) is 0. The van der Waals surface area contributed by atoms with E-state index in [2.05, 4.69) is 22.3 Å². The average molecular weight is 374 g/mol. The number of rotatable bonds is 3. The molecule has 0 saturated carbocycles. The molecule has 3 heterocycles. The lowest BCUT2D eigenvalue weighted by Crippen LogP contribution is -2.41. The molecule has 1 atom stereocenters. The number of carbonyl (C=O) groups is 1. The van der Waals surface area contributed by atoms with Crippen molar-refractivity contribution in [3.05, 3.63) is 47.3 Å². The minimum atomic E-state index is -0.843. The quantitative estimate of drug-likeness (QED) is 0.838. The molecule has 5 nitrogen and oxygen atoms in total. The van der Waals surface area contributed by atoms with Gasteiger partial charge in [0.15, 0.2) is 5.11 Å². The van der Waals surface area contributed by atoms with Crippen molar-refractivity contribution >= 4 is 45.3 Å². The molecule has 1 aromatic carbocycles. The molecule has 130 valence electrons. The van der Waals surface area contributed by atoms with E-state index in [1.54, 1.807) is 4.90 Å². The highest BCUT2D eigenvalue weighted by Gasteiger charge is 2.48. The van der Waals surface area contributed by atoms with Crippen molar-refractivity contribution in [1.29, 1.82) is 0 Å². The van der Waals surface area contributed by atoms with E-state index in [9.17, 15) is 4.79 Å². The van der Waals surface area contributed by atoms with Crippen LogP contribution in [0, 0.1) is 0 Å². The second-order valence-electron chi connectivity index (χ2n) is 6.29. The summed E-state index contributed by atoms with van der Waals surface area (Å²) in [4.78, 5) is 17.0. The van der Waals surface area contributed by atoms with Gasteiger partial charge in [-0.25, -0.2) is 4.90 Å². The molecule has 0 aliphatic carbocycles. The van der Waals surface area contributed by atoms with Crippen LogP contribution in [0.3, 0.4) is 0 Å². The first kappa shape index (κ1) is 16.5. The average Bonchev–Trinajstić information content (AvgIpc) is 3.23. The van der Waals surface area contributed by atoms with Crippen LogP contribution in [0.2, 0.25) is 0 Å². The number of morpholine rings is 1. The summed E-state index contributed by atoms with van der Waals surface area (Å²) < 4.78 is 5.40. The predicted octanol–water partition coefficient (Wildman–Crippen LogP) is 2.72. The summed E-state index contributed by atoms with van der Waals surface area (Å²) in [6, 6.07) is 12.0. The zero-order chi connectivity index (χ0) is 17.4. The topological polar surface area (TPSA) is 44.8 Å². The molecule has 0 spiro atoms.